The first kappa shape index (κ1) is 15.2. The molecule has 0 saturated carbocycles. The number of esters is 1. The molecule has 1 N–H and O–H groups in total. The Hall–Kier alpha value is -2.20. The Morgan fingerprint density at radius 1 is 1.19 bits per heavy atom. The number of pyridine rings is 1. The molecule has 0 aliphatic heterocycles. The summed E-state index contributed by atoms with van der Waals surface area (Å²) < 4.78 is 5.21. The maximum absolute atomic E-state index is 12.4. The van der Waals surface area contributed by atoms with Gasteiger partial charge in [0.2, 0.25) is 0 Å². The summed E-state index contributed by atoms with van der Waals surface area (Å²) in [7, 11) is 0. The van der Waals surface area contributed by atoms with Crippen molar-refractivity contribution in [1.82, 2.24) is 10.3 Å². The minimum atomic E-state index is -0.965. The van der Waals surface area contributed by atoms with Gasteiger partial charge in [0.05, 0.1) is 12.3 Å². The van der Waals surface area contributed by atoms with Gasteiger partial charge in [-0.2, -0.15) is 0 Å². The van der Waals surface area contributed by atoms with E-state index in [0.717, 1.165) is 5.56 Å². The van der Waals surface area contributed by atoms with E-state index >= 15 is 0 Å². The number of rotatable bonds is 6. The van der Waals surface area contributed by atoms with E-state index in [9.17, 15) is 4.79 Å². The van der Waals surface area contributed by atoms with Gasteiger partial charge in [-0.3, -0.25) is 10.3 Å². The van der Waals surface area contributed by atoms with Crippen molar-refractivity contribution in [3.05, 3.63) is 66.0 Å². The van der Waals surface area contributed by atoms with Crippen LogP contribution in [0.2, 0.25) is 0 Å². The lowest BCUT2D eigenvalue weighted by molar-refractivity contribution is -0.151. The number of aromatic nitrogens is 1. The van der Waals surface area contributed by atoms with E-state index in [0.29, 0.717) is 18.8 Å². The van der Waals surface area contributed by atoms with Crippen LogP contribution in [0, 0.1) is 0 Å². The van der Waals surface area contributed by atoms with E-state index in [1.165, 1.54) is 0 Å². The molecule has 0 spiro atoms. The highest BCUT2D eigenvalue weighted by atomic mass is 16.5. The molecule has 4 heteroatoms. The third-order valence-corrected chi connectivity index (χ3v) is 3.35. The minimum absolute atomic E-state index is 0.320. The molecule has 0 amide bonds. The number of benzene rings is 1. The number of nitrogens with one attached hydrogen (secondary N) is 1. The second kappa shape index (κ2) is 6.99. The molecule has 110 valence electrons. The van der Waals surface area contributed by atoms with Crippen LogP contribution in [-0.4, -0.2) is 17.6 Å². The molecule has 1 aromatic heterocycles. The molecule has 0 aliphatic rings. The van der Waals surface area contributed by atoms with Gasteiger partial charge in [0.1, 0.15) is 0 Å². The summed E-state index contributed by atoms with van der Waals surface area (Å²) in [5, 5.41) is 3.28. The molecule has 0 aliphatic carbocycles. The summed E-state index contributed by atoms with van der Waals surface area (Å²) in [5.74, 6) is -0.320. The summed E-state index contributed by atoms with van der Waals surface area (Å²) in [5.41, 5.74) is 0.788. The standard InChI is InChI=1S/C17H20N2O2/c1-3-21-16(20)17(2,15-11-7-8-12-18-15)19-13-14-9-5-4-6-10-14/h4-12,19H,3,13H2,1-2H3. The summed E-state index contributed by atoms with van der Waals surface area (Å²) in [6.07, 6.45) is 1.68. The lowest BCUT2D eigenvalue weighted by Crippen LogP contribution is -2.48. The number of nitrogens with zero attached hydrogens (tertiary/aromatic N) is 1. The largest absolute Gasteiger partial charge is 0.464 e. The van der Waals surface area contributed by atoms with E-state index in [1.807, 2.05) is 48.5 Å². The predicted octanol–water partition coefficient (Wildman–Crippen LogP) is 2.65. The predicted molar refractivity (Wildman–Crippen MR) is 81.5 cm³/mol. The molecule has 0 radical (unpaired) electrons. The second-order valence-electron chi connectivity index (χ2n) is 4.90. The maximum Gasteiger partial charge on any atom is 0.332 e. The number of hydrogen-bond donors (Lipinski definition) is 1. The van der Waals surface area contributed by atoms with Crippen LogP contribution < -0.4 is 5.32 Å². The van der Waals surface area contributed by atoms with Crippen LogP contribution in [0.15, 0.2) is 54.7 Å². The molecule has 1 unspecified atom stereocenters. The van der Waals surface area contributed by atoms with Crippen LogP contribution in [0.25, 0.3) is 0 Å². The third kappa shape index (κ3) is 3.67. The number of hydrogen-bond acceptors (Lipinski definition) is 4. The van der Waals surface area contributed by atoms with Crippen LogP contribution in [0.5, 0.6) is 0 Å². The van der Waals surface area contributed by atoms with E-state index in [1.54, 1.807) is 20.0 Å². The van der Waals surface area contributed by atoms with Crippen LogP contribution in [-0.2, 0) is 21.6 Å². The number of carbonyl (C=O) groups is 1. The number of carbonyl (C=O) groups excluding carboxylic acids is 1. The molecular formula is C17H20N2O2. The van der Waals surface area contributed by atoms with Gasteiger partial charge in [-0.05, 0) is 31.5 Å². The third-order valence-electron chi connectivity index (χ3n) is 3.35. The second-order valence-corrected chi connectivity index (χ2v) is 4.90. The molecule has 1 atom stereocenters. The van der Waals surface area contributed by atoms with Crippen molar-refractivity contribution in [1.29, 1.82) is 0 Å². The van der Waals surface area contributed by atoms with Crippen molar-refractivity contribution in [2.45, 2.75) is 25.9 Å². The fourth-order valence-corrected chi connectivity index (χ4v) is 2.08. The highest BCUT2D eigenvalue weighted by molar-refractivity contribution is 5.81. The van der Waals surface area contributed by atoms with Gasteiger partial charge in [0, 0.05) is 12.7 Å². The molecule has 0 saturated heterocycles. The van der Waals surface area contributed by atoms with Gasteiger partial charge >= 0.3 is 5.97 Å². The first-order chi connectivity index (χ1) is 10.2. The monoisotopic (exact) mass is 284 g/mol. The first-order valence-corrected chi connectivity index (χ1v) is 7.04. The average molecular weight is 284 g/mol. The van der Waals surface area contributed by atoms with Crippen molar-refractivity contribution < 1.29 is 9.53 Å². The van der Waals surface area contributed by atoms with Gasteiger partial charge in [-0.25, -0.2) is 4.79 Å². The van der Waals surface area contributed by atoms with Crippen LogP contribution >= 0.6 is 0 Å². The zero-order valence-electron chi connectivity index (χ0n) is 12.4. The quantitative estimate of drug-likeness (QED) is 0.829. The van der Waals surface area contributed by atoms with E-state index < -0.39 is 5.54 Å². The fourth-order valence-electron chi connectivity index (χ4n) is 2.08. The molecule has 0 bridgehead atoms. The van der Waals surface area contributed by atoms with Crippen molar-refractivity contribution in [2.75, 3.05) is 6.61 Å². The SMILES string of the molecule is CCOC(=O)C(C)(NCc1ccccc1)c1ccccn1. The van der Waals surface area contributed by atoms with Gasteiger partial charge in [-0.15, -0.1) is 0 Å². The normalized spacial score (nSPS) is 13.4. The van der Waals surface area contributed by atoms with Crippen molar-refractivity contribution >= 4 is 5.97 Å². The lowest BCUT2D eigenvalue weighted by atomic mass is 9.96. The maximum atomic E-state index is 12.4. The van der Waals surface area contributed by atoms with Gasteiger partial charge < -0.3 is 4.74 Å². The summed E-state index contributed by atoms with van der Waals surface area (Å²) in [6.45, 7) is 4.51. The average Bonchev–Trinajstić information content (AvgIpc) is 2.54. The Morgan fingerprint density at radius 2 is 1.90 bits per heavy atom. The Kier molecular flexibility index (Phi) is 5.06. The molecule has 0 fully saturated rings. The summed E-state index contributed by atoms with van der Waals surface area (Å²) >= 11 is 0. The van der Waals surface area contributed by atoms with E-state index in [2.05, 4.69) is 10.3 Å². The zero-order valence-corrected chi connectivity index (χ0v) is 12.4. The van der Waals surface area contributed by atoms with Crippen LogP contribution in [0.4, 0.5) is 0 Å². The lowest BCUT2D eigenvalue weighted by Gasteiger charge is -2.28. The highest BCUT2D eigenvalue weighted by Crippen LogP contribution is 2.21. The Labute approximate surface area is 125 Å². The minimum Gasteiger partial charge on any atom is -0.464 e. The molecule has 1 heterocycles. The number of ether oxygens (including phenoxy) is 1. The Balaban J connectivity index is 2.22. The van der Waals surface area contributed by atoms with Crippen LogP contribution in [0.1, 0.15) is 25.1 Å². The highest BCUT2D eigenvalue weighted by Gasteiger charge is 2.37. The van der Waals surface area contributed by atoms with Gasteiger partial charge in [0.15, 0.2) is 5.54 Å². The molecule has 2 aromatic rings. The molecule has 2 rings (SSSR count). The smallest absolute Gasteiger partial charge is 0.332 e. The topological polar surface area (TPSA) is 51.2 Å². The van der Waals surface area contributed by atoms with E-state index in [4.69, 9.17) is 4.74 Å². The molecule has 21 heavy (non-hydrogen) atoms. The Bertz CT molecular complexity index is 572. The van der Waals surface area contributed by atoms with Gasteiger partial charge in [-0.1, -0.05) is 36.4 Å². The molecular weight excluding hydrogens is 264 g/mol. The molecule has 1 aromatic carbocycles. The zero-order chi connectivity index (χ0) is 15.1. The van der Waals surface area contributed by atoms with E-state index in [-0.39, 0.29) is 5.97 Å². The fraction of sp³-hybridized carbons (Fsp3) is 0.294. The Morgan fingerprint density at radius 3 is 2.52 bits per heavy atom. The van der Waals surface area contributed by atoms with Gasteiger partial charge in [0.25, 0.3) is 0 Å². The summed E-state index contributed by atoms with van der Waals surface area (Å²) in [6, 6.07) is 15.4. The summed E-state index contributed by atoms with van der Waals surface area (Å²) in [4.78, 5) is 16.7. The van der Waals surface area contributed by atoms with Crippen molar-refractivity contribution in [3.63, 3.8) is 0 Å². The first-order valence-electron chi connectivity index (χ1n) is 7.04. The molecule has 4 nitrogen and oxygen atoms in total. The van der Waals surface area contributed by atoms with Crippen molar-refractivity contribution in [3.8, 4) is 0 Å². The van der Waals surface area contributed by atoms with Crippen LogP contribution in [0.3, 0.4) is 0 Å². The van der Waals surface area contributed by atoms with Crippen molar-refractivity contribution in [2.24, 2.45) is 0 Å².